The highest BCUT2D eigenvalue weighted by Gasteiger charge is 2.14. The van der Waals surface area contributed by atoms with Gasteiger partial charge in [0.2, 0.25) is 12.3 Å². The van der Waals surface area contributed by atoms with Gasteiger partial charge in [0.25, 0.3) is 0 Å². The highest BCUT2D eigenvalue weighted by molar-refractivity contribution is 5.94. The molecule has 8 nitrogen and oxygen atoms in total. The number of hydrogen-bond donors (Lipinski definition) is 1. The molecular formula is C13H17N5O3. The van der Waals surface area contributed by atoms with E-state index >= 15 is 0 Å². The zero-order chi connectivity index (χ0) is 15.4. The first kappa shape index (κ1) is 14.8. The van der Waals surface area contributed by atoms with Crippen LogP contribution in [0, 0.1) is 13.8 Å². The van der Waals surface area contributed by atoms with Crippen molar-refractivity contribution in [2.75, 3.05) is 18.5 Å². The van der Waals surface area contributed by atoms with Crippen molar-refractivity contribution in [1.29, 1.82) is 0 Å². The second-order valence-corrected chi connectivity index (χ2v) is 4.65. The maximum Gasteiger partial charge on any atom is 0.246 e. The number of amides is 2. The van der Waals surface area contributed by atoms with E-state index in [0.29, 0.717) is 18.6 Å². The SMILES string of the molecule is Cc1noc(C)c1Cn1cc(N(C)C(=O)CNC=O)cn1. The van der Waals surface area contributed by atoms with Crippen molar-refractivity contribution in [2.24, 2.45) is 0 Å². The van der Waals surface area contributed by atoms with E-state index in [0.717, 1.165) is 17.0 Å². The lowest BCUT2D eigenvalue weighted by atomic mass is 10.2. The van der Waals surface area contributed by atoms with E-state index in [1.807, 2.05) is 13.8 Å². The molecule has 0 aliphatic heterocycles. The summed E-state index contributed by atoms with van der Waals surface area (Å²) >= 11 is 0. The van der Waals surface area contributed by atoms with E-state index < -0.39 is 0 Å². The average molecular weight is 291 g/mol. The van der Waals surface area contributed by atoms with Gasteiger partial charge in [0.05, 0.1) is 30.7 Å². The predicted octanol–water partition coefficient (Wildman–Crippen LogP) is 0.245. The number of nitrogens with one attached hydrogen (secondary N) is 1. The summed E-state index contributed by atoms with van der Waals surface area (Å²) in [5.74, 6) is 0.531. The van der Waals surface area contributed by atoms with Gasteiger partial charge < -0.3 is 14.7 Å². The lowest BCUT2D eigenvalue weighted by molar-refractivity contribution is -0.119. The molecule has 0 spiro atoms. The van der Waals surface area contributed by atoms with Gasteiger partial charge in [-0.25, -0.2) is 0 Å². The summed E-state index contributed by atoms with van der Waals surface area (Å²) < 4.78 is 6.81. The summed E-state index contributed by atoms with van der Waals surface area (Å²) in [7, 11) is 1.63. The first-order valence-electron chi connectivity index (χ1n) is 6.40. The normalized spacial score (nSPS) is 10.4. The Balaban J connectivity index is 2.07. The Bertz CT molecular complexity index is 627. The van der Waals surface area contributed by atoms with Gasteiger partial charge in [-0.3, -0.25) is 14.3 Å². The minimum Gasteiger partial charge on any atom is -0.361 e. The molecule has 0 bridgehead atoms. The summed E-state index contributed by atoms with van der Waals surface area (Å²) in [5, 5.41) is 10.5. The van der Waals surface area contributed by atoms with Crippen molar-refractivity contribution in [2.45, 2.75) is 20.4 Å². The van der Waals surface area contributed by atoms with Crippen LogP contribution >= 0.6 is 0 Å². The molecule has 0 aliphatic carbocycles. The average Bonchev–Trinajstić information content (AvgIpc) is 3.06. The molecule has 2 aromatic rings. The van der Waals surface area contributed by atoms with Crippen LogP contribution in [0.25, 0.3) is 0 Å². The number of aromatic nitrogens is 3. The molecule has 0 saturated carbocycles. The Kier molecular flexibility index (Phi) is 4.36. The van der Waals surface area contributed by atoms with Crippen molar-refractivity contribution < 1.29 is 14.1 Å². The van der Waals surface area contributed by atoms with Gasteiger partial charge in [-0.15, -0.1) is 0 Å². The largest absolute Gasteiger partial charge is 0.361 e. The Morgan fingerprint density at radius 1 is 1.52 bits per heavy atom. The Morgan fingerprint density at radius 2 is 2.29 bits per heavy atom. The molecule has 2 aromatic heterocycles. The minimum absolute atomic E-state index is 0.0466. The van der Waals surface area contributed by atoms with Crippen LogP contribution in [0.3, 0.4) is 0 Å². The molecule has 0 aliphatic rings. The maximum absolute atomic E-state index is 11.8. The van der Waals surface area contributed by atoms with Crippen molar-refractivity contribution in [3.63, 3.8) is 0 Å². The molecular weight excluding hydrogens is 274 g/mol. The molecule has 112 valence electrons. The number of carbonyl (C=O) groups excluding carboxylic acids is 2. The molecule has 1 N–H and O–H groups in total. The third kappa shape index (κ3) is 3.28. The second-order valence-electron chi connectivity index (χ2n) is 4.65. The van der Waals surface area contributed by atoms with Gasteiger partial charge in [0.15, 0.2) is 0 Å². The van der Waals surface area contributed by atoms with Crippen LogP contribution < -0.4 is 10.2 Å². The van der Waals surface area contributed by atoms with Crippen LogP contribution in [-0.2, 0) is 16.1 Å². The predicted molar refractivity (Wildman–Crippen MR) is 74.8 cm³/mol. The highest BCUT2D eigenvalue weighted by Crippen LogP contribution is 2.16. The van der Waals surface area contributed by atoms with Gasteiger partial charge in [0.1, 0.15) is 5.76 Å². The Morgan fingerprint density at radius 3 is 2.90 bits per heavy atom. The molecule has 0 fully saturated rings. The molecule has 0 atom stereocenters. The second kappa shape index (κ2) is 6.21. The van der Waals surface area contributed by atoms with Crippen LogP contribution in [0.5, 0.6) is 0 Å². The monoisotopic (exact) mass is 291 g/mol. The quantitative estimate of drug-likeness (QED) is 0.770. The van der Waals surface area contributed by atoms with E-state index in [2.05, 4.69) is 15.6 Å². The summed E-state index contributed by atoms with van der Waals surface area (Å²) in [5.41, 5.74) is 2.45. The van der Waals surface area contributed by atoms with Crippen LogP contribution in [0.4, 0.5) is 5.69 Å². The summed E-state index contributed by atoms with van der Waals surface area (Å²) in [4.78, 5) is 23.4. The zero-order valence-electron chi connectivity index (χ0n) is 12.2. The molecule has 0 aromatic carbocycles. The van der Waals surface area contributed by atoms with E-state index in [1.165, 1.54) is 4.90 Å². The smallest absolute Gasteiger partial charge is 0.246 e. The van der Waals surface area contributed by atoms with Gasteiger partial charge in [-0.2, -0.15) is 5.10 Å². The van der Waals surface area contributed by atoms with Crippen molar-refractivity contribution >= 4 is 18.0 Å². The molecule has 21 heavy (non-hydrogen) atoms. The lowest BCUT2D eigenvalue weighted by Crippen LogP contribution is -2.34. The molecule has 2 heterocycles. The summed E-state index contributed by atoms with van der Waals surface area (Å²) in [6.07, 6.45) is 3.84. The number of likely N-dealkylation sites (N-methyl/N-ethyl adjacent to an activating group) is 1. The highest BCUT2D eigenvalue weighted by atomic mass is 16.5. The molecule has 0 saturated heterocycles. The first-order chi connectivity index (χ1) is 10.0. The lowest BCUT2D eigenvalue weighted by Gasteiger charge is -2.14. The van der Waals surface area contributed by atoms with E-state index in [-0.39, 0.29) is 12.5 Å². The fourth-order valence-electron chi connectivity index (χ4n) is 1.89. The first-order valence-corrected chi connectivity index (χ1v) is 6.40. The summed E-state index contributed by atoms with van der Waals surface area (Å²) in [6, 6.07) is 0. The van der Waals surface area contributed by atoms with Crippen molar-refractivity contribution in [1.82, 2.24) is 20.3 Å². The van der Waals surface area contributed by atoms with Gasteiger partial charge in [-0.05, 0) is 13.8 Å². The van der Waals surface area contributed by atoms with Crippen LogP contribution in [-0.4, -0.2) is 40.8 Å². The fraction of sp³-hybridized carbons (Fsp3) is 0.385. The molecule has 2 amide bonds. The van der Waals surface area contributed by atoms with Crippen LogP contribution in [0.15, 0.2) is 16.9 Å². The van der Waals surface area contributed by atoms with Crippen molar-refractivity contribution in [3.05, 3.63) is 29.4 Å². The Labute approximate surface area is 121 Å². The maximum atomic E-state index is 11.8. The molecule has 0 unspecified atom stereocenters. The third-order valence-corrected chi connectivity index (χ3v) is 3.22. The fourth-order valence-corrected chi connectivity index (χ4v) is 1.89. The van der Waals surface area contributed by atoms with Crippen LogP contribution in [0.1, 0.15) is 17.0 Å². The minimum atomic E-state index is -0.223. The number of anilines is 1. The van der Waals surface area contributed by atoms with Crippen LogP contribution in [0.2, 0.25) is 0 Å². The molecule has 8 heteroatoms. The van der Waals surface area contributed by atoms with E-state index in [9.17, 15) is 9.59 Å². The third-order valence-electron chi connectivity index (χ3n) is 3.22. The van der Waals surface area contributed by atoms with E-state index in [1.54, 1.807) is 24.1 Å². The number of hydrogen-bond acceptors (Lipinski definition) is 5. The van der Waals surface area contributed by atoms with Gasteiger partial charge >= 0.3 is 0 Å². The number of carbonyl (C=O) groups is 2. The number of rotatable bonds is 6. The number of nitrogens with zero attached hydrogens (tertiary/aromatic N) is 4. The summed E-state index contributed by atoms with van der Waals surface area (Å²) in [6.45, 7) is 4.20. The van der Waals surface area contributed by atoms with E-state index in [4.69, 9.17) is 4.52 Å². The topological polar surface area (TPSA) is 93.3 Å². The van der Waals surface area contributed by atoms with Crippen molar-refractivity contribution in [3.8, 4) is 0 Å². The standard InChI is InChI=1S/C13H17N5O3/c1-9-12(10(2)21-16-9)7-18-6-11(4-15-18)17(3)13(20)5-14-8-19/h4,6,8H,5,7H2,1-3H3,(H,14,19). The molecule has 0 radical (unpaired) electrons. The van der Waals surface area contributed by atoms with Gasteiger partial charge in [-0.1, -0.05) is 5.16 Å². The van der Waals surface area contributed by atoms with Gasteiger partial charge in [0, 0.05) is 18.8 Å². The number of aryl methyl sites for hydroxylation is 2. The zero-order valence-corrected chi connectivity index (χ0v) is 12.2. The Hall–Kier alpha value is -2.64. The molecule has 2 rings (SSSR count).